The monoisotopic (exact) mass is 291 g/mol. The highest BCUT2D eigenvalue weighted by Gasteiger charge is 2.13. The van der Waals surface area contributed by atoms with Gasteiger partial charge in [0.2, 0.25) is 0 Å². The van der Waals surface area contributed by atoms with E-state index in [-0.39, 0.29) is 12.4 Å². The molecule has 114 valence electrons. The summed E-state index contributed by atoms with van der Waals surface area (Å²) in [5, 5.41) is 0. The van der Waals surface area contributed by atoms with Crippen molar-refractivity contribution in [2.24, 2.45) is 4.99 Å². The second kappa shape index (κ2) is 8.73. The molecule has 0 bridgehead atoms. The number of hydrogen-bond acceptors (Lipinski definition) is 5. The van der Waals surface area contributed by atoms with E-state index in [1.165, 1.54) is 0 Å². The summed E-state index contributed by atoms with van der Waals surface area (Å²) in [6.07, 6.45) is 2.83. The average molecular weight is 291 g/mol. The number of ether oxygens (including phenoxy) is 2. The van der Waals surface area contributed by atoms with Crippen LogP contribution in [0.4, 0.5) is 4.79 Å². The van der Waals surface area contributed by atoms with Gasteiger partial charge in [-0.3, -0.25) is 9.98 Å². The molecular formula is C15H21N3O3. The van der Waals surface area contributed by atoms with Crippen molar-refractivity contribution in [3.8, 4) is 5.75 Å². The summed E-state index contributed by atoms with van der Waals surface area (Å²) >= 11 is 0. The van der Waals surface area contributed by atoms with Gasteiger partial charge < -0.3 is 14.4 Å². The van der Waals surface area contributed by atoms with Gasteiger partial charge in [0, 0.05) is 26.3 Å². The molecule has 6 heteroatoms. The number of pyridine rings is 1. The Kier molecular flexibility index (Phi) is 6.94. The fourth-order valence-electron chi connectivity index (χ4n) is 1.60. The Hall–Kier alpha value is -2.37. The number of carbonyl (C=O) groups is 1. The van der Waals surface area contributed by atoms with Crippen molar-refractivity contribution in [1.82, 2.24) is 9.88 Å². The van der Waals surface area contributed by atoms with Crippen LogP contribution in [0.3, 0.4) is 0 Å². The Morgan fingerprint density at radius 3 is 2.81 bits per heavy atom. The van der Waals surface area contributed by atoms with Crippen LogP contribution in [0, 0.1) is 0 Å². The minimum absolute atomic E-state index is 0.0727. The number of carbonyl (C=O) groups excluding carboxylic acids is 1. The highest BCUT2D eigenvalue weighted by molar-refractivity contribution is 5.80. The molecule has 1 rings (SSSR count). The molecule has 1 heterocycles. The Morgan fingerprint density at radius 2 is 2.19 bits per heavy atom. The van der Waals surface area contributed by atoms with Crippen LogP contribution in [-0.2, 0) is 4.74 Å². The summed E-state index contributed by atoms with van der Waals surface area (Å²) in [6, 6.07) is 3.52. The molecule has 0 saturated carbocycles. The van der Waals surface area contributed by atoms with Crippen molar-refractivity contribution >= 4 is 12.3 Å². The van der Waals surface area contributed by atoms with Crippen LogP contribution in [-0.4, -0.2) is 48.9 Å². The highest BCUT2D eigenvalue weighted by Crippen LogP contribution is 2.14. The summed E-state index contributed by atoms with van der Waals surface area (Å²) in [6.45, 7) is 8.70. The molecule has 0 saturated heterocycles. The Balaban J connectivity index is 2.56. The second-order valence-electron chi connectivity index (χ2n) is 4.14. The van der Waals surface area contributed by atoms with E-state index in [0.717, 1.165) is 0 Å². The van der Waals surface area contributed by atoms with Gasteiger partial charge in [-0.15, -0.1) is 0 Å². The van der Waals surface area contributed by atoms with E-state index in [1.54, 1.807) is 36.5 Å². The number of amides is 1. The quantitative estimate of drug-likeness (QED) is 0.572. The zero-order valence-corrected chi connectivity index (χ0v) is 12.7. The molecule has 6 nitrogen and oxygen atoms in total. The molecule has 0 radical (unpaired) electrons. The number of aromatic nitrogens is 1. The van der Waals surface area contributed by atoms with Gasteiger partial charge in [-0.2, -0.15) is 0 Å². The zero-order valence-electron chi connectivity index (χ0n) is 12.7. The first-order valence-electron chi connectivity index (χ1n) is 6.76. The maximum Gasteiger partial charge on any atom is 0.414 e. The van der Waals surface area contributed by atoms with Gasteiger partial charge >= 0.3 is 6.09 Å². The maximum atomic E-state index is 11.8. The van der Waals surface area contributed by atoms with Crippen LogP contribution in [0.25, 0.3) is 0 Å². The van der Waals surface area contributed by atoms with Crippen LogP contribution in [0.2, 0.25) is 0 Å². The van der Waals surface area contributed by atoms with Crippen molar-refractivity contribution in [2.45, 2.75) is 13.8 Å². The number of aliphatic imine (C=N–C) groups is 1. The van der Waals surface area contributed by atoms with Crippen molar-refractivity contribution < 1.29 is 14.3 Å². The van der Waals surface area contributed by atoms with Gasteiger partial charge in [-0.25, -0.2) is 4.79 Å². The third-order valence-electron chi connectivity index (χ3n) is 2.69. The lowest BCUT2D eigenvalue weighted by Gasteiger charge is -2.18. The second-order valence-corrected chi connectivity index (χ2v) is 4.14. The van der Waals surface area contributed by atoms with E-state index in [0.29, 0.717) is 24.5 Å². The molecule has 0 aliphatic heterocycles. The first kappa shape index (κ1) is 16.7. The van der Waals surface area contributed by atoms with Crippen LogP contribution >= 0.6 is 0 Å². The fraction of sp³-hybridized carbons (Fsp3) is 0.400. The first-order valence-corrected chi connectivity index (χ1v) is 6.76. The summed E-state index contributed by atoms with van der Waals surface area (Å²) in [7, 11) is 1.66. The molecule has 0 fully saturated rings. The first-order chi connectivity index (χ1) is 10.1. The van der Waals surface area contributed by atoms with Crippen LogP contribution in [0.1, 0.15) is 19.5 Å². The molecule has 1 aromatic heterocycles. The largest absolute Gasteiger partial charge is 0.483 e. The van der Waals surface area contributed by atoms with Crippen molar-refractivity contribution in [2.75, 3.05) is 26.7 Å². The number of hydrogen-bond donors (Lipinski definition) is 0. The Morgan fingerprint density at radius 1 is 1.48 bits per heavy atom. The number of nitrogens with zero attached hydrogens (tertiary/aromatic N) is 3. The minimum atomic E-state index is -0.421. The summed E-state index contributed by atoms with van der Waals surface area (Å²) in [4.78, 5) is 21.4. The third kappa shape index (κ3) is 5.25. The molecular weight excluding hydrogens is 270 g/mol. The van der Waals surface area contributed by atoms with Crippen LogP contribution in [0.5, 0.6) is 5.75 Å². The third-order valence-corrected chi connectivity index (χ3v) is 2.69. The average Bonchev–Trinajstić information content (AvgIpc) is 2.48. The lowest BCUT2D eigenvalue weighted by Crippen LogP contribution is -2.31. The smallest absolute Gasteiger partial charge is 0.414 e. The van der Waals surface area contributed by atoms with Gasteiger partial charge in [0.1, 0.15) is 23.8 Å². The van der Waals surface area contributed by atoms with Gasteiger partial charge in [-0.1, -0.05) is 6.58 Å². The normalized spacial score (nSPS) is 10.4. The van der Waals surface area contributed by atoms with E-state index in [1.807, 2.05) is 13.8 Å². The lowest BCUT2D eigenvalue weighted by atomic mass is 10.3. The maximum absolute atomic E-state index is 11.8. The minimum Gasteiger partial charge on any atom is -0.483 e. The molecule has 1 aromatic rings. The molecule has 1 amide bonds. The van der Waals surface area contributed by atoms with Gasteiger partial charge in [0.15, 0.2) is 0 Å². The van der Waals surface area contributed by atoms with E-state index in [4.69, 9.17) is 9.47 Å². The highest BCUT2D eigenvalue weighted by atomic mass is 16.6. The van der Waals surface area contributed by atoms with E-state index in [9.17, 15) is 4.79 Å². The molecule has 0 unspecified atom stereocenters. The SMILES string of the molecule is C=C(COc1cccnc1C=NC)OC(=O)N(CC)CC. The van der Waals surface area contributed by atoms with E-state index in [2.05, 4.69) is 16.6 Å². The van der Waals surface area contributed by atoms with E-state index >= 15 is 0 Å². The zero-order chi connectivity index (χ0) is 15.7. The van der Waals surface area contributed by atoms with Gasteiger partial charge in [-0.05, 0) is 26.0 Å². The standard InChI is InChI=1S/C15H21N3O3/c1-5-18(6-2)15(19)21-12(3)11-20-14-8-7-9-17-13(14)10-16-4/h7-10H,3,5-6,11H2,1-2,4H3. The van der Waals surface area contributed by atoms with Crippen molar-refractivity contribution in [1.29, 1.82) is 0 Å². The van der Waals surface area contributed by atoms with Gasteiger partial charge in [0.25, 0.3) is 0 Å². The van der Waals surface area contributed by atoms with Crippen molar-refractivity contribution in [3.63, 3.8) is 0 Å². The molecule has 0 atom stereocenters. The number of rotatable bonds is 7. The summed E-state index contributed by atoms with van der Waals surface area (Å²) in [5.74, 6) is 0.804. The predicted molar refractivity (Wildman–Crippen MR) is 81.8 cm³/mol. The molecule has 21 heavy (non-hydrogen) atoms. The molecule has 0 N–H and O–H groups in total. The van der Waals surface area contributed by atoms with Crippen molar-refractivity contribution in [3.05, 3.63) is 36.4 Å². The molecule has 0 spiro atoms. The molecule has 0 aliphatic rings. The molecule has 0 aliphatic carbocycles. The topological polar surface area (TPSA) is 64.0 Å². The van der Waals surface area contributed by atoms with Crippen LogP contribution < -0.4 is 4.74 Å². The summed E-state index contributed by atoms with van der Waals surface area (Å²) < 4.78 is 10.7. The van der Waals surface area contributed by atoms with Crippen LogP contribution in [0.15, 0.2) is 35.7 Å². The Bertz CT molecular complexity index is 511. The predicted octanol–water partition coefficient (Wildman–Crippen LogP) is 2.50. The van der Waals surface area contributed by atoms with Gasteiger partial charge in [0.05, 0.1) is 6.21 Å². The lowest BCUT2D eigenvalue weighted by molar-refractivity contribution is 0.123. The molecule has 0 aromatic carbocycles. The fourth-order valence-corrected chi connectivity index (χ4v) is 1.60. The van der Waals surface area contributed by atoms with E-state index < -0.39 is 6.09 Å². The Labute approximate surface area is 125 Å². The summed E-state index contributed by atoms with van der Waals surface area (Å²) in [5.41, 5.74) is 0.614.